The van der Waals surface area contributed by atoms with Gasteiger partial charge in [0.05, 0.1) is 37.8 Å². The van der Waals surface area contributed by atoms with Crippen LogP contribution < -0.4 is 0 Å². The molecule has 3 atom stereocenters. The Morgan fingerprint density at radius 1 is 0.444 bits per heavy atom. The molecule has 3 unspecified atom stereocenters. The molecular weight excluding hydrogens is 468 g/mol. The number of hydrogen-bond acceptors (Lipinski definition) is 12. The number of rotatable bonds is 18. The number of carbonyl (C=O) groups excluding carboxylic acids is 6. The average Bonchev–Trinajstić information content (AvgIpc) is 2.90. The second-order valence-electron chi connectivity index (χ2n) is 7.19. The predicted molar refractivity (Wildman–Crippen MR) is 133 cm³/mol. The molecule has 0 aliphatic heterocycles. The van der Waals surface area contributed by atoms with Gasteiger partial charge in [-0.25, -0.2) is 58.7 Å². The van der Waals surface area contributed by atoms with Crippen LogP contribution in [0.4, 0.5) is 0 Å². The Morgan fingerprint density at radius 3 is 0.861 bits per heavy atom. The molecule has 198 valence electrons. The molecule has 0 heterocycles. The van der Waals surface area contributed by atoms with Crippen LogP contribution >= 0.6 is 0 Å². The molecule has 0 aromatic carbocycles. The van der Waals surface area contributed by atoms with E-state index >= 15 is 0 Å². The highest BCUT2D eigenvalue weighted by molar-refractivity contribution is 5.34. The van der Waals surface area contributed by atoms with E-state index in [1.165, 1.54) is 36.5 Å². The van der Waals surface area contributed by atoms with Crippen molar-refractivity contribution in [3.63, 3.8) is 0 Å². The number of hydrogen-bond donors (Lipinski definition) is 0. The molecule has 36 heavy (non-hydrogen) atoms. The molecule has 0 amide bonds. The van der Waals surface area contributed by atoms with Crippen LogP contribution in [0.5, 0.6) is 0 Å². The minimum absolute atomic E-state index is 0.0318. The minimum atomic E-state index is 0.0318. The Bertz CT molecular complexity index is 719. The fourth-order valence-electron chi connectivity index (χ4n) is 2.66. The third kappa shape index (κ3) is 30.3. The molecule has 0 aliphatic carbocycles. The summed E-state index contributed by atoms with van der Waals surface area (Å²) in [5.41, 5.74) is 0. The summed E-state index contributed by atoms with van der Waals surface area (Å²) in [6.45, 7) is 7.26. The van der Waals surface area contributed by atoms with Crippen molar-refractivity contribution in [1.82, 2.24) is 0 Å². The maximum Gasteiger partial charge on any atom is 0.235 e. The van der Waals surface area contributed by atoms with E-state index in [4.69, 9.17) is 0 Å². The molecule has 12 nitrogen and oxygen atoms in total. The number of nitrogens with zero attached hydrogens (tertiary/aromatic N) is 6. The lowest BCUT2D eigenvalue weighted by molar-refractivity contribution is 0.535. The lowest BCUT2D eigenvalue weighted by atomic mass is 10.1. The Labute approximate surface area is 211 Å². The van der Waals surface area contributed by atoms with E-state index in [9.17, 15) is 28.8 Å². The summed E-state index contributed by atoms with van der Waals surface area (Å²) in [6.07, 6.45) is 16.0. The summed E-state index contributed by atoms with van der Waals surface area (Å²) in [4.78, 5) is 79.6. The van der Waals surface area contributed by atoms with E-state index in [1.807, 2.05) is 20.8 Å². The Kier molecular flexibility index (Phi) is 34.2. The van der Waals surface area contributed by atoms with E-state index in [1.54, 1.807) is 0 Å². The van der Waals surface area contributed by atoms with Crippen LogP contribution in [0.1, 0.15) is 78.6 Å². The van der Waals surface area contributed by atoms with Crippen molar-refractivity contribution in [3.05, 3.63) is 0 Å². The molecule has 0 bridgehead atoms. The molecule has 0 rings (SSSR count). The van der Waals surface area contributed by atoms with Gasteiger partial charge in [-0.15, -0.1) is 0 Å². The molecule has 0 saturated carbocycles. The molecule has 0 aromatic heterocycles. The Balaban J connectivity index is -0.000000454. The van der Waals surface area contributed by atoms with Crippen LogP contribution in [-0.2, 0) is 28.8 Å². The van der Waals surface area contributed by atoms with Gasteiger partial charge in [-0.2, -0.15) is 0 Å². The highest BCUT2D eigenvalue weighted by Crippen LogP contribution is 2.06. The van der Waals surface area contributed by atoms with Crippen LogP contribution in [0.25, 0.3) is 0 Å². The van der Waals surface area contributed by atoms with Crippen LogP contribution in [0, 0.1) is 0 Å². The highest BCUT2D eigenvalue weighted by Gasteiger charge is 2.03. The zero-order chi connectivity index (χ0) is 27.7. The van der Waals surface area contributed by atoms with Gasteiger partial charge < -0.3 is 0 Å². The summed E-state index contributed by atoms with van der Waals surface area (Å²) in [6, 6.07) is 0.0954. The first-order valence-electron chi connectivity index (χ1n) is 11.9. The number of isocyanates is 6. The van der Waals surface area contributed by atoms with Crippen molar-refractivity contribution in [2.45, 2.75) is 96.7 Å². The first kappa shape index (κ1) is 36.8. The fraction of sp³-hybridized carbons (Fsp3) is 0.750. The summed E-state index contributed by atoms with van der Waals surface area (Å²) in [5, 5.41) is 0. The molecule has 0 radical (unpaired) electrons. The lowest BCUT2D eigenvalue weighted by Gasteiger charge is -2.04. The topological polar surface area (TPSA) is 177 Å². The fourth-order valence-corrected chi connectivity index (χ4v) is 2.66. The van der Waals surface area contributed by atoms with Gasteiger partial charge in [0.15, 0.2) is 0 Å². The summed E-state index contributed by atoms with van der Waals surface area (Å²) in [5.74, 6) is 0. The smallest absolute Gasteiger partial charge is 0.211 e. The van der Waals surface area contributed by atoms with Gasteiger partial charge in [0.25, 0.3) is 0 Å². The van der Waals surface area contributed by atoms with Gasteiger partial charge in [-0.3, -0.25) is 0 Å². The predicted octanol–water partition coefficient (Wildman–Crippen LogP) is 3.65. The summed E-state index contributed by atoms with van der Waals surface area (Å²) >= 11 is 0. The Hall–Kier alpha value is -3.72. The van der Waals surface area contributed by atoms with Gasteiger partial charge in [0, 0.05) is 0 Å². The van der Waals surface area contributed by atoms with Crippen LogP contribution in [0.15, 0.2) is 30.0 Å². The lowest BCUT2D eigenvalue weighted by Crippen LogP contribution is -2.02. The van der Waals surface area contributed by atoms with E-state index in [2.05, 4.69) is 30.0 Å². The summed E-state index contributed by atoms with van der Waals surface area (Å²) in [7, 11) is 0. The summed E-state index contributed by atoms with van der Waals surface area (Å²) < 4.78 is 0. The van der Waals surface area contributed by atoms with Crippen molar-refractivity contribution in [1.29, 1.82) is 0 Å². The minimum Gasteiger partial charge on any atom is -0.211 e. The van der Waals surface area contributed by atoms with E-state index in [0.29, 0.717) is 19.6 Å². The highest BCUT2D eigenvalue weighted by atomic mass is 16.1. The van der Waals surface area contributed by atoms with Crippen molar-refractivity contribution in [2.24, 2.45) is 30.0 Å². The zero-order valence-electron chi connectivity index (χ0n) is 21.4. The first-order valence-corrected chi connectivity index (χ1v) is 11.9. The maximum atomic E-state index is 9.89. The quantitative estimate of drug-likeness (QED) is 0.156. The van der Waals surface area contributed by atoms with Crippen molar-refractivity contribution in [2.75, 3.05) is 19.6 Å². The third-order valence-corrected chi connectivity index (χ3v) is 4.74. The van der Waals surface area contributed by atoms with Crippen LogP contribution in [-0.4, -0.2) is 74.2 Å². The zero-order valence-corrected chi connectivity index (χ0v) is 21.4. The SMILES string of the molecule is CCC(CCCN=C=O)N=C=O.CCC(CCCN=C=O)N=C=O.CCC(CCCN=C=O)N=C=O. The first-order chi connectivity index (χ1) is 17.5. The third-order valence-electron chi connectivity index (χ3n) is 4.74. The standard InChI is InChI=1S/3C8H12N2O2/c3*1-2-8(10-7-12)4-3-5-9-6-11/h3*8H,2-5H2,1H3. The van der Waals surface area contributed by atoms with Crippen molar-refractivity contribution >= 4 is 36.5 Å². The molecule has 12 heteroatoms. The van der Waals surface area contributed by atoms with Crippen molar-refractivity contribution in [3.8, 4) is 0 Å². The second-order valence-corrected chi connectivity index (χ2v) is 7.19. The maximum absolute atomic E-state index is 9.89. The monoisotopic (exact) mass is 504 g/mol. The molecule has 0 fully saturated rings. The normalized spacial score (nSPS) is 11.1. The largest absolute Gasteiger partial charge is 0.235 e. The van der Waals surface area contributed by atoms with E-state index < -0.39 is 0 Å². The van der Waals surface area contributed by atoms with Gasteiger partial charge in [0.1, 0.15) is 0 Å². The number of aliphatic imine (C=N–C) groups is 6. The second kappa shape index (κ2) is 33.5. The molecule has 0 spiro atoms. The van der Waals surface area contributed by atoms with Crippen molar-refractivity contribution < 1.29 is 28.8 Å². The van der Waals surface area contributed by atoms with E-state index in [0.717, 1.165) is 57.8 Å². The van der Waals surface area contributed by atoms with Crippen LogP contribution in [0.2, 0.25) is 0 Å². The average molecular weight is 505 g/mol. The molecule has 0 saturated heterocycles. The van der Waals surface area contributed by atoms with Crippen LogP contribution in [0.3, 0.4) is 0 Å². The Morgan fingerprint density at radius 2 is 0.694 bits per heavy atom. The molecular formula is C24H36N6O6. The van der Waals surface area contributed by atoms with Gasteiger partial charge in [0.2, 0.25) is 36.5 Å². The van der Waals surface area contributed by atoms with Gasteiger partial charge in [-0.1, -0.05) is 20.8 Å². The molecule has 0 aromatic rings. The van der Waals surface area contributed by atoms with E-state index in [-0.39, 0.29) is 18.1 Å². The molecule has 0 aliphatic rings. The van der Waals surface area contributed by atoms with Gasteiger partial charge in [-0.05, 0) is 57.8 Å². The molecule has 0 N–H and O–H groups in total. The van der Waals surface area contributed by atoms with Gasteiger partial charge >= 0.3 is 0 Å².